The topological polar surface area (TPSA) is 89.7 Å². The van der Waals surface area contributed by atoms with Crippen LogP contribution in [0.3, 0.4) is 0 Å². The Kier molecular flexibility index (Phi) is 5.82. The molecular formula is C27H29FN2O4S. The molecule has 0 spiro atoms. The van der Waals surface area contributed by atoms with Gasteiger partial charge in [-0.1, -0.05) is 23.8 Å². The Morgan fingerprint density at radius 1 is 1.14 bits per heavy atom. The molecule has 0 aromatic heterocycles. The van der Waals surface area contributed by atoms with Crippen LogP contribution in [0.2, 0.25) is 0 Å². The maximum atomic E-state index is 15.8. The van der Waals surface area contributed by atoms with E-state index >= 15 is 4.39 Å². The van der Waals surface area contributed by atoms with Crippen LogP contribution in [-0.2, 0) is 34.9 Å². The first-order valence-electron chi connectivity index (χ1n) is 11.8. The summed E-state index contributed by atoms with van der Waals surface area (Å²) in [6, 6.07) is 6.96. The number of nitrogens with two attached hydrogens (primary N) is 1. The first-order chi connectivity index (χ1) is 16.5. The zero-order valence-electron chi connectivity index (χ0n) is 20.2. The monoisotopic (exact) mass is 496 g/mol. The van der Waals surface area contributed by atoms with Crippen molar-refractivity contribution < 1.29 is 22.9 Å². The maximum absolute atomic E-state index is 15.8. The van der Waals surface area contributed by atoms with Crippen LogP contribution in [0.4, 0.5) is 9.18 Å². The van der Waals surface area contributed by atoms with Crippen molar-refractivity contribution in [3.63, 3.8) is 0 Å². The lowest BCUT2D eigenvalue weighted by molar-refractivity contribution is 0.0224. The fraction of sp³-hybridized carbons (Fsp3) is 0.407. The van der Waals surface area contributed by atoms with Gasteiger partial charge in [0.15, 0.2) is 0 Å². The van der Waals surface area contributed by atoms with E-state index in [1.165, 1.54) is 6.07 Å². The van der Waals surface area contributed by atoms with Gasteiger partial charge in [-0.3, -0.25) is 9.00 Å². The standard InChI is InChI=1S/C27H29FN2O4S/c1-27(2,3)34-26(32)30-9-7-17-16(13-30)5-4-6-18(17)24-22(28)12-20(25(29)31)19-11-15-8-10-35(33)14-21(15)23(19)24/h4-6,12H,7-11,13-14H2,1-3H3,(H2,29,31). The molecule has 1 unspecified atom stereocenters. The van der Waals surface area contributed by atoms with E-state index in [1.54, 1.807) is 4.90 Å². The molecule has 8 heteroatoms. The number of rotatable bonds is 2. The van der Waals surface area contributed by atoms with Gasteiger partial charge in [-0.25, -0.2) is 9.18 Å². The zero-order valence-corrected chi connectivity index (χ0v) is 21.0. The minimum atomic E-state index is -1.02. The molecule has 2 amide bonds. The third-order valence-electron chi connectivity index (χ3n) is 6.89. The predicted octanol–water partition coefficient (Wildman–Crippen LogP) is 4.35. The van der Waals surface area contributed by atoms with Crippen molar-refractivity contribution in [2.24, 2.45) is 5.73 Å². The van der Waals surface area contributed by atoms with Gasteiger partial charge in [0.2, 0.25) is 5.91 Å². The fourth-order valence-electron chi connectivity index (χ4n) is 5.40. The lowest BCUT2D eigenvalue weighted by atomic mass is 9.85. The molecule has 0 fully saturated rings. The average molecular weight is 497 g/mol. The molecule has 35 heavy (non-hydrogen) atoms. The Balaban J connectivity index is 1.62. The van der Waals surface area contributed by atoms with Crippen LogP contribution < -0.4 is 5.73 Å². The summed E-state index contributed by atoms with van der Waals surface area (Å²) in [5.41, 5.74) is 11.8. The molecule has 3 aliphatic rings. The second-order valence-electron chi connectivity index (χ2n) is 10.4. The summed E-state index contributed by atoms with van der Waals surface area (Å²) < 4.78 is 33.8. The molecule has 1 atom stereocenters. The summed E-state index contributed by atoms with van der Waals surface area (Å²) in [7, 11) is -1.02. The van der Waals surface area contributed by atoms with Crippen LogP contribution in [0, 0.1) is 5.82 Å². The molecule has 0 saturated heterocycles. The molecule has 0 saturated carbocycles. The Morgan fingerprint density at radius 2 is 1.91 bits per heavy atom. The smallest absolute Gasteiger partial charge is 0.410 e. The molecule has 0 bridgehead atoms. The van der Waals surface area contributed by atoms with Crippen LogP contribution in [0.15, 0.2) is 29.8 Å². The number of primary amides is 1. The highest BCUT2D eigenvalue weighted by Gasteiger charge is 2.35. The largest absolute Gasteiger partial charge is 0.444 e. The summed E-state index contributed by atoms with van der Waals surface area (Å²) in [4.78, 5) is 26.5. The molecular weight excluding hydrogens is 467 g/mol. The fourth-order valence-corrected chi connectivity index (χ4v) is 6.69. The Hall–Kier alpha value is -3.00. The third kappa shape index (κ3) is 4.29. The highest BCUT2D eigenvalue weighted by molar-refractivity contribution is 7.85. The van der Waals surface area contributed by atoms with Gasteiger partial charge in [-0.15, -0.1) is 0 Å². The number of amides is 2. The number of nitrogens with zero attached hydrogens (tertiary/aromatic N) is 1. The van der Waals surface area contributed by atoms with Crippen molar-refractivity contribution in [2.75, 3.05) is 18.1 Å². The van der Waals surface area contributed by atoms with E-state index in [0.717, 1.165) is 33.4 Å². The van der Waals surface area contributed by atoms with E-state index in [-0.39, 0.29) is 11.7 Å². The molecule has 184 valence electrons. The van der Waals surface area contributed by atoms with Crippen LogP contribution in [-0.4, -0.2) is 44.8 Å². The average Bonchev–Trinajstić information content (AvgIpc) is 3.15. The highest BCUT2D eigenvalue weighted by atomic mass is 32.2. The lowest BCUT2D eigenvalue weighted by Gasteiger charge is -2.32. The number of carbonyl (C=O) groups excluding carboxylic acids is 2. The van der Waals surface area contributed by atoms with Crippen molar-refractivity contribution in [3.8, 4) is 11.1 Å². The minimum absolute atomic E-state index is 0.197. The van der Waals surface area contributed by atoms with Crippen molar-refractivity contribution in [3.05, 3.63) is 63.5 Å². The number of halogens is 1. The van der Waals surface area contributed by atoms with Gasteiger partial charge in [-0.05, 0) is 79.5 Å². The highest BCUT2D eigenvalue weighted by Crippen LogP contribution is 2.46. The zero-order chi connectivity index (χ0) is 25.1. The summed E-state index contributed by atoms with van der Waals surface area (Å²) in [6.07, 6.45) is 1.39. The van der Waals surface area contributed by atoms with E-state index in [1.807, 2.05) is 39.0 Å². The molecule has 5 rings (SSSR count). The molecule has 1 aliphatic carbocycles. The summed E-state index contributed by atoms with van der Waals surface area (Å²) in [6.45, 7) is 6.34. The number of carbonyl (C=O) groups is 2. The first kappa shape index (κ1) is 23.7. The SMILES string of the molecule is CC(C)(C)OC(=O)N1CCc2c(cccc2-c2c(F)cc(C(N)=O)c3c2C2=C(CCS(=O)C2)C3)C1. The van der Waals surface area contributed by atoms with E-state index < -0.39 is 28.1 Å². The van der Waals surface area contributed by atoms with Crippen LogP contribution in [0.5, 0.6) is 0 Å². The third-order valence-corrected chi connectivity index (χ3v) is 8.16. The maximum Gasteiger partial charge on any atom is 0.410 e. The van der Waals surface area contributed by atoms with Gasteiger partial charge < -0.3 is 15.4 Å². The normalized spacial score (nSPS) is 19.2. The number of ether oxygens (including phenoxy) is 1. The molecule has 0 radical (unpaired) electrons. The summed E-state index contributed by atoms with van der Waals surface area (Å²) in [5.74, 6) is -0.225. The molecule has 2 aromatic carbocycles. The number of hydrogen-bond donors (Lipinski definition) is 1. The molecule has 6 nitrogen and oxygen atoms in total. The Morgan fingerprint density at radius 3 is 2.63 bits per heavy atom. The minimum Gasteiger partial charge on any atom is -0.444 e. The van der Waals surface area contributed by atoms with Crippen molar-refractivity contribution in [1.82, 2.24) is 4.90 Å². The van der Waals surface area contributed by atoms with Gasteiger partial charge in [0, 0.05) is 46.5 Å². The van der Waals surface area contributed by atoms with Crippen molar-refractivity contribution in [2.45, 2.75) is 52.2 Å². The van der Waals surface area contributed by atoms with Gasteiger partial charge in [-0.2, -0.15) is 0 Å². The lowest BCUT2D eigenvalue weighted by Crippen LogP contribution is -2.40. The number of hydrogen-bond acceptors (Lipinski definition) is 4. The number of allylic oxidation sites excluding steroid dienone is 1. The predicted molar refractivity (Wildman–Crippen MR) is 134 cm³/mol. The van der Waals surface area contributed by atoms with E-state index in [0.29, 0.717) is 55.0 Å². The van der Waals surface area contributed by atoms with Crippen molar-refractivity contribution in [1.29, 1.82) is 0 Å². The Bertz CT molecular complexity index is 1330. The van der Waals surface area contributed by atoms with Gasteiger partial charge in [0.25, 0.3) is 0 Å². The van der Waals surface area contributed by atoms with Crippen LogP contribution >= 0.6 is 0 Å². The molecule has 2 aliphatic heterocycles. The van der Waals surface area contributed by atoms with E-state index in [4.69, 9.17) is 10.5 Å². The number of benzene rings is 2. The summed E-state index contributed by atoms with van der Waals surface area (Å²) >= 11 is 0. The van der Waals surface area contributed by atoms with Gasteiger partial charge in [0.1, 0.15) is 11.4 Å². The second-order valence-corrected chi connectivity index (χ2v) is 12.0. The van der Waals surface area contributed by atoms with Crippen molar-refractivity contribution >= 4 is 28.4 Å². The van der Waals surface area contributed by atoms with Gasteiger partial charge >= 0.3 is 6.09 Å². The molecule has 2 heterocycles. The van der Waals surface area contributed by atoms with E-state index in [9.17, 15) is 13.8 Å². The van der Waals surface area contributed by atoms with Gasteiger partial charge in [0.05, 0.1) is 0 Å². The first-order valence-corrected chi connectivity index (χ1v) is 13.3. The van der Waals surface area contributed by atoms with Crippen LogP contribution in [0.1, 0.15) is 59.8 Å². The van der Waals surface area contributed by atoms with Crippen LogP contribution in [0.25, 0.3) is 16.7 Å². The molecule has 2 N–H and O–H groups in total. The Labute approximate surface area is 206 Å². The molecule has 2 aromatic rings. The number of fused-ring (bicyclic) bond motifs is 3. The second kappa shape index (κ2) is 8.59. The summed E-state index contributed by atoms with van der Waals surface area (Å²) in [5, 5.41) is 0. The van der Waals surface area contributed by atoms with E-state index in [2.05, 4.69) is 0 Å². The quantitative estimate of drug-likeness (QED) is 0.670.